The molecule has 33 heavy (non-hydrogen) atoms. The molecule has 4 rings (SSSR count). The van der Waals surface area contributed by atoms with Gasteiger partial charge in [-0.3, -0.25) is 9.59 Å². The van der Waals surface area contributed by atoms with Crippen LogP contribution >= 0.6 is 0 Å². The van der Waals surface area contributed by atoms with E-state index in [1.165, 1.54) is 0 Å². The Bertz CT molecular complexity index is 1220. The van der Waals surface area contributed by atoms with Crippen LogP contribution in [0.4, 0.5) is 5.69 Å². The minimum absolute atomic E-state index is 0.132. The normalized spacial score (nSPS) is 17.8. The second kappa shape index (κ2) is 9.08. The quantitative estimate of drug-likeness (QED) is 0.356. The van der Waals surface area contributed by atoms with Gasteiger partial charge in [-0.15, -0.1) is 0 Å². The molecule has 0 spiro atoms. The van der Waals surface area contributed by atoms with Crippen LogP contribution < -0.4 is 4.90 Å². The van der Waals surface area contributed by atoms with Crippen LogP contribution in [0.5, 0.6) is 0 Å². The molecule has 170 valence electrons. The fraction of sp³-hybridized carbons (Fsp3) is 0.259. The molecule has 0 aliphatic carbocycles. The number of aliphatic hydroxyl groups is 1. The summed E-state index contributed by atoms with van der Waals surface area (Å²) in [6, 6.07) is 20.4. The Morgan fingerprint density at radius 3 is 2.24 bits per heavy atom. The zero-order chi connectivity index (χ0) is 23.7. The Labute approximate surface area is 194 Å². The number of aliphatic hydroxyl groups excluding tert-OH is 1. The number of amides is 1. The minimum Gasteiger partial charge on any atom is -0.507 e. The molecule has 1 atom stereocenters. The summed E-state index contributed by atoms with van der Waals surface area (Å²) in [5.74, 6) is -1.37. The van der Waals surface area contributed by atoms with Gasteiger partial charge in [-0.1, -0.05) is 54.6 Å². The number of carbonyl (C=O) groups is 2. The minimum atomic E-state index is -0.653. The third kappa shape index (κ3) is 4.22. The number of nitrogens with zero attached hydrogens (tertiary/aromatic N) is 3. The molecule has 6 nitrogen and oxygen atoms in total. The Hall–Kier alpha value is -3.64. The van der Waals surface area contributed by atoms with Crippen molar-refractivity contribution in [3.05, 3.63) is 83.4 Å². The number of hydrogen-bond acceptors (Lipinski definition) is 5. The Balaban J connectivity index is 1.89. The van der Waals surface area contributed by atoms with Gasteiger partial charge in [0.1, 0.15) is 5.76 Å². The Morgan fingerprint density at radius 1 is 0.909 bits per heavy atom. The van der Waals surface area contributed by atoms with Crippen LogP contribution in [0.25, 0.3) is 16.5 Å². The topological polar surface area (TPSA) is 64.1 Å². The maximum absolute atomic E-state index is 13.2. The van der Waals surface area contributed by atoms with E-state index in [4.69, 9.17) is 0 Å². The van der Waals surface area contributed by atoms with E-state index >= 15 is 0 Å². The molecule has 1 fully saturated rings. The predicted octanol–water partition coefficient (Wildman–Crippen LogP) is 3.89. The first-order valence-electron chi connectivity index (χ1n) is 11.0. The first-order valence-corrected chi connectivity index (χ1v) is 11.0. The van der Waals surface area contributed by atoms with E-state index in [1.54, 1.807) is 11.0 Å². The van der Waals surface area contributed by atoms with Crippen LogP contribution in [0.1, 0.15) is 17.2 Å². The summed E-state index contributed by atoms with van der Waals surface area (Å²) in [5, 5.41) is 13.2. The molecule has 1 N–H and O–H groups in total. The van der Waals surface area contributed by atoms with Crippen molar-refractivity contribution in [2.45, 2.75) is 6.04 Å². The molecule has 0 saturated carbocycles. The molecular formula is C27H29N3O3. The summed E-state index contributed by atoms with van der Waals surface area (Å²) < 4.78 is 0. The molecule has 1 amide bonds. The fourth-order valence-corrected chi connectivity index (χ4v) is 4.30. The summed E-state index contributed by atoms with van der Waals surface area (Å²) in [4.78, 5) is 31.9. The Morgan fingerprint density at radius 2 is 1.58 bits per heavy atom. The summed E-state index contributed by atoms with van der Waals surface area (Å²) >= 11 is 0. The number of likely N-dealkylation sites (N-methyl/N-ethyl adjacent to an activating group) is 1. The van der Waals surface area contributed by atoms with Crippen LogP contribution in [0.3, 0.4) is 0 Å². The molecule has 1 saturated heterocycles. The van der Waals surface area contributed by atoms with Crippen molar-refractivity contribution >= 4 is 33.9 Å². The summed E-state index contributed by atoms with van der Waals surface area (Å²) in [6.07, 6.45) is 0. The molecule has 1 unspecified atom stereocenters. The van der Waals surface area contributed by atoms with E-state index in [0.29, 0.717) is 18.7 Å². The van der Waals surface area contributed by atoms with Crippen molar-refractivity contribution in [1.29, 1.82) is 0 Å². The van der Waals surface area contributed by atoms with Crippen LogP contribution in [0.2, 0.25) is 0 Å². The van der Waals surface area contributed by atoms with Crippen molar-refractivity contribution < 1.29 is 14.7 Å². The second-order valence-corrected chi connectivity index (χ2v) is 8.81. The van der Waals surface area contributed by atoms with Crippen molar-refractivity contribution in [3.63, 3.8) is 0 Å². The zero-order valence-electron chi connectivity index (χ0n) is 19.4. The van der Waals surface area contributed by atoms with Crippen molar-refractivity contribution in [2.24, 2.45) is 0 Å². The number of likely N-dealkylation sites (tertiary alicyclic amines) is 1. The molecular weight excluding hydrogens is 414 g/mol. The number of carbonyl (C=O) groups excluding carboxylic acids is 2. The van der Waals surface area contributed by atoms with Gasteiger partial charge in [-0.25, -0.2) is 0 Å². The smallest absolute Gasteiger partial charge is 0.295 e. The zero-order valence-corrected chi connectivity index (χ0v) is 19.4. The van der Waals surface area contributed by atoms with Crippen molar-refractivity contribution in [3.8, 4) is 0 Å². The number of fused-ring (bicyclic) bond motifs is 1. The van der Waals surface area contributed by atoms with E-state index in [0.717, 1.165) is 22.0 Å². The largest absolute Gasteiger partial charge is 0.507 e. The average molecular weight is 444 g/mol. The lowest BCUT2D eigenvalue weighted by Gasteiger charge is -2.27. The first kappa shape index (κ1) is 22.6. The highest BCUT2D eigenvalue weighted by Gasteiger charge is 2.46. The number of ketones is 1. The monoisotopic (exact) mass is 443 g/mol. The van der Waals surface area contributed by atoms with Crippen LogP contribution in [0.15, 0.2) is 72.3 Å². The van der Waals surface area contributed by atoms with Gasteiger partial charge in [-0.2, -0.15) is 0 Å². The van der Waals surface area contributed by atoms with Gasteiger partial charge in [0.15, 0.2) is 0 Å². The van der Waals surface area contributed by atoms with Gasteiger partial charge in [0.2, 0.25) is 0 Å². The predicted molar refractivity (Wildman–Crippen MR) is 132 cm³/mol. The number of anilines is 1. The van der Waals surface area contributed by atoms with Gasteiger partial charge in [0.25, 0.3) is 11.7 Å². The van der Waals surface area contributed by atoms with Gasteiger partial charge < -0.3 is 19.8 Å². The molecule has 3 aromatic carbocycles. The molecule has 1 aliphatic heterocycles. The van der Waals surface area contributed by atoms with Crippen molar-refractivity contribution in [1.82, 2.24) is 9.80 Å². The molecule has 0 radical (unpaired) electrons. The lowest BCUT2D eigenvalue weighted by Crippen LogP contribution is -2.35. The molecule has 1 heterocycles. The maximum atomic E-state index is 13.2. The first-order chi connectivity index (χ1) is 15.8. The van der Waals surface area contributed by atoms with E-state index in [1.807, 2.05) is 98.7 Å². The van der Waals surface area contributed by atoms with E-state index in [2.05, 4.69) is 0 Å². The van der Waals surface area contributed by atoms with Gasteiger partial charge >= 0.3 is 0 Å². The van der Waals surface area contributed by atoms with E-state index in [-0.39, 0.29) is 11.3 Å². The fourth-order valence-electron chi connectivity index (χ4n) is 4.30. The highest BCUT2D eigenvalue weighted by atomic mass is 16.3. The molecule has 6 heteroatoms. The van der Waals surface area contributed by atoms with Gasteiger partial charge in [-0.05, 0) is 42.6 Å². The number of hydrogen-bond donors (Lipinski definition) is 1. The third-order valence-corrected chi connectivity index (χ3v) is 6.10. The maximum Gasteiger partial charge on any atom is 0.295 e. The molecule has 0 bridgehead atoms. The van der Waals surface area contributed by atoms with Gasteiger partial charge in [0, 0.05) is 38.4 Å². The van der Waals surface area contributed by atoms with Crippen LogP contribution in [0, 0.1) is 0 Å². The van der Waals surface area contributed by atoms with Crippen LogP contribution in [-0.2, 0) is 9.59 Å². The summed E-state index contributed by atoms with van der Waals surface area (Å²) in [6.45, 7) is 0.984. The van der Waals surface area contributed by atoms with E-state index < -0.39 is 17.7 Å². The second-order valence-electron chi connectivity index (χ2n) is 8.81. The molecule has 3 aromatic rings. The molecule has 0 aromatic heterocycles. The number of rotatable bonds is 6. The van der Waals surface area contributed by atoms with E-state index in [9.17, 15) is 14.7 Å². The SMILES string of the molecule is CN(C)CCN1C(=O)C(=O)/C(=C(\O)c2cccc3ccccc23)C1c1ccc(N(C)C)cc1. The summed E-state index contributed by atoms with van der Waals surface area (Å²) in [7, 11) is 7.76. The highest BCUT2D eigenvalue weighted by Crippen LogP contribution is 2.40. The van der Waals surface area contributed by atoms with Crippen LogP contribution in [-0.4, -0.2) is 67.9 Å². The lowest BCUT2D eigenvalue weighted by atomic mass is 9.93. The molecule has 1 aliphatic rings. The Kier molecular flexibility index (Phi) is 6.20. The van der Waals surface area contributed by atoms with Crippen molar-refractivity contribution in [2.75, 3.05) is 46.2 Å². The standard InChI is InChI=1S/C27H29N3O3/c1-28(2)16-17-30-24(19-12-14-20(15-13-19)29(3)4)23(26(32)27(30)33)25(31)22-11-7-9-18-8-5-6-10-21(18)22/h5-15,24,31H,16-17H2,1-4H3/b25-23-. The third-order valence-electron chi connectivity index (χ3n) is 6.10. The average Bonchev–Trinajstić information content (AvgIpc) is 3.06. The number of Topliss-reactive ketones (excluding diaryl/α,β-unsaturated/α-hetero) is 1. The summed E-state index contributed by atoms with van der Waals surface area (Å²) in [5.41, 5.74) is 2.49. The number of benzene rings is 3. The highest BCUT2D eigenvalue weighted by molar-refractivity contribution is 6.46. The lowest BCUT2D eigenvalue weighted by molar-refractivity contribution is -0.140. The van der Waals surface area contributed by atoms with Gasteiger partial charge in [0.05, 0.1) is 11.6 Å².